The lowest BCUT2D eigenvalue weighted by molar-refractivity contribution is -0.122. The summed E-state index contributed by atoms with van der Waals surface area (Å²) in [6, 6.07) is 13.8. The highest BCUT2D eigenvalue weighted by Crippen LogP contribution is 2.28. The van der Waals surface area contributed by atoms with E-state index in [1.54, 1.807) is 18.2 Å². The van der Waals surface area contributed by atoms with Gasteiger partial charge in [-0.3, -0.25) is 14.4 Å². The van der Waals surface area contributed by atoms with Crippen molar-refractivity contribution < 1.29 is 33.3 Å². The third-order valence-electron chi connectivity index (χ3n) is 6.56. The lowest BCUT2D eigenvalue weighted by Gasteiger charge is -2.18. The lowest BCUT2D eigenvalue weighted by Crippen LogP contribution is -2.45. The van der Waals surface area contributed by atoms with E-state index in [0.29, 0.717) is 62.3 Å². The number of carbonyl (C=O) groups is 3. The first-order chi connectivity index (χ1) is 20.5. The molecule has 3 aromatic rings. The largest absolute Gasteiger partial charge is 0.491 e. The monoisotopic (exact) mass is 597 g/mol. The number of ether oxygens (including phenoxy) is 4. The molecule has 1 atom stereocenters. The Morgan fingerprint density at radius 1 is 0.905 bits per heavy atom. The number of hydrogen-bond acceptors (Lipinski definition) is 8. The Labute approximate surface area is 250 Å². The molecule has 0 radical (unpaired) electrons. The lowest BCUT2D eigenvalue weighted by atomic mass is 10.1. The third-order valence-corrected chi connectivity index (χ3v) is 7.68. The Kier molecular flexibility index (Phi) is 12.6. The molecule has 226 valence electrons. The van der Waals surface area contributed by atoms with Gasteiger partial charge in [0.1, 0.15) is 18.4 Å². The number of fused-ring (bicyclic) bond motifs is 1. The van der Waals surface area contributed by atoms with Gasteiger partial charge in [0, 0.05) is 17.9 Å². The van der Waals surface area contributed by atoms with Crippen molar-refractivity contribution in [2.45, 2.75) is 38.6 Å². The summed E-state index contributed by atoms with van der Waals surface area (Å²) in [5.41, 5.74) is 0.534. The molecule has 1 aromatic heterocycles. The molecule has 3 amide bonds. The van der Waals surface area contributed by atoms with Crippen LogP contribution in [0.2, 0.25) is 0 Å². The highest BCUT2D eigenvalue weighted by atomic mass is 32.1. The maximum Gasteiger partial charge on any atom is 0.265 e. The van der Waals surface area contributed by atoms with E-state index in [1.807, 2.05) is 30.3 Å². The number of carbonyl (C=O) groups excluding carboxylic acids is 3. The Morgan fingerprint density at radius 3 is 2.40 bits per heavy atom. The molecule has 1 unspecified atom stereocenters. The summed E-state index contributed by atoms with van der Waals surface area (Å²) in [5.74, 6) is -0.555. The summed E-state index contributed by atoms with van der Waals surface area (Å²) in [6.07, 6.45) is 3.21. The van der Waals surface area contributed by atoms with E-state index in [2.05, 4.69) is 22.9 Å². The van der Waals surface area contributed by atoms with E-state index < -0.39 is 11.9 Å². The molecule has 11 heteroatoms. The van der Waals surface area contributed by atoms with Crippen LogP contribution in [0, 0.1) is 0 Å². The minimum absolute atomic E-state index is 0.207. The number of nitrogens with one attached hydrogen (secondary N) is 3. The van der Waals surface area contributed by atoms with Crippen molar-refractivity contribution in [3.8, 4) is 5.75 Å². The maximum atomic E-state index is 13.4. The van der Waals surface area contributed by atoms with Gasteiger partial charge in [-0.05, 0) is 61.4 Å². The average molecular weight is 598 g/mol. The fourth-order valence-corrected chi connectivity index (χ4v) is 5.36. The molecular weight excluding hydrogens is 558 g/mol. The Hall–Kier alpha value is -3.51. The molecule has 0 saturated carbocycles. The van der Waals surface area contributed by atoms with Crippen molar-refractivity contribution in [2.24, 2.45) is 0 Å². The molecule has 0 spiro atoms. The van der Waals surface area contributed by atoms with Crippen molar-refractivity contribution in [1.29, 1.82) is 0 Å². The number of rotatable bonds is 16. The summed E-state index contributed by atoms with van der Waals surface area (Å²) in [4.78, 5) is 39.6. The first kappa shape index (κ1) is 31.4. The second-order valence-corrected chi connectivity index (χ2v) is 10.9. The maximum absolute atomic E-state index is 13.4. The van der Waals surface area contributed by atoms with Crippen LogP contribution in [-0.2, 0) is 19.0 Å². The SMILES string of the molecule is CCCOCCOCCOCCOc1ccc(NC(=O)c2cc3ccccc3s2)c(C(=O)NC2CCCCNC2=O)c1. The van der Waals surface area contributed by atoms with Gasteiger partial charge >= 0.3 is 0 Å². The van der Waals surface area contributed by atoms with Crippen LogP contribution < -0.4 is 20.7 Å². The smallest absolute Gasteiger partial charge is 0.265 e. The van der Waals surface area contributed by atoms with E-state index in [1.165, 1.54) is 11.3 Å². The molecule has 1 saturated heterocycles. The van der Waals surface area contributed by atoms with Gasteiger partial charge in [-0.15, -0.1) is 11.3 Å². The van der Waals surface area contributed by atoms with Gasteiger partial charge < -0.3 is 34.9 Å². The summed E-state index contributed by atoms with van der Waals surface area (Å²) in [6.45, 7) is 5.97. The highest BCUT2D eigenvalue weighted by molar-refractivity contribution is 7.20. The molecule has 0 bridgehead atoms. The first-order valence-corrected chi connectivity index (χ1v) is 15.3. The molecule has 1 aliphatic rings. The summed E-state index contributed by atoms with van der Waals surface area (Å²) >= 11 is 1.38. The fraction of sp³-hybridized carbons (Fsp3) is 0.452. The van der Waals surface area contributed by atoms with Crippen LogP contribution in [-0.4, -0.2) is 76.6 Å². The molecule has 2 aromatic carbocycles. The molecule has 1 fully saturated rings. The average Bonchev–Trinajstić information content (AvgIpc) is 3.34. The Balaban J connectivity index is 1.37. The minimum Gasteiger partial charge on any atom is -0.491 e. The van der Waals surface area contributed by atoms with Gasteiger partial charge in [0.05, 0.1) is 49.2 Å². The highest BCUT2D eigenvalue weighted by Gasteiger charge is 2.25. The first-order valence-electron chi connectivity index (χ1n) is 14.4. The van der Waals surface area contributed by atoms with Crippen molar-refractivity contribution in [3.63, 3.8) is 0 Å². The van der Waals surface area contributed by atoms with E-state index >= 15 is 0 Å². The molecule has 1 aliphatic heterocycles. The van der Waals surface area contributed by atoms with Crippen LogP contribution in [0.4, 0.5) is 5.69 Å². The van der Waals surface area contributed by atoms with Crippen LogP contribution >= 0.6 is 11.3 Å². The van der Waals surface area contributed by atoms with Crippen LogP contribution in [0.3, 0.4) is 0 Å². The van der Waals surface area contributed by atoms with E-state index in [4.69, 9.17) is 18.9 Å². The van der Waals surface area contributed by atoms with E-state index in [0.717, 1.165) is 36.0 Å². The summed E-state index contributed by atoms with van der Waals surface area (Å²) < 4.78 is 23.2. The van der Waals surface area contributed by atoms with Crippen LogP contribution in [0.25, 0.3) is 10.1 Å². The van der Waals surface area contributed by atoms with Crippen molar-refractivity contribution >= 4 is 44.8 Å². The number of benzene rings is 2. The number of anilines is 1. The molecule has 4 rings (SSSR count). The topological polar surface area (TPSA) is 124 Å². The number of thiophene rings is 1. The zero-order valence-corrected chi connectivity index (χ0v) is 24.8. The van der Waals surface area contributed by atoms with Gasteiger partial charge in [-0.25, -0.2) is 0 Å². The van der Waals surface area contributed by atoms with Gasteiger partial charge in [-0.2, -0.15) is 0 Å². The summed E-state index contributed by atoms with van der Waals surface area (Å²) in [5, 5.41) is 9.52. The Bertz CT molecular complexity index is 1300. The Morgan fingerprint density at radius 2 is 1.64 bits per heavy atom. The standard InChI is InChI=1S/C31H39N3O7S/c1-2-13-38-14-15-39-16-17-40-18-19-41-23-10-11-25(33-31(37)28-20-22-7-3-4-9-27(22)42-28)24(21-23)29(35)34-26-8-5-6-12-32-30(26)36/h3-4,7,9-11,20-21,26H,2,5-6,8,12-19H2,1H3,(H,32,36)(H,33,37)(H,34,35). The van der Waals surface area contributed by atoms with Crippen molar-refractivity contribution in [3.05, 3.63) is 59.0 Å². The fourth-order valence-electron chi connectivity index (χ4n) is 4.41. The molecule has 42 heavy (non-hydrogen) atoms. The van der Waals surface area contributed by atoms with Gasteiger partial charge in [0.15, 0.2) is 0 Å². The molecular formula is C31H39N3O7S. The third kappa shape index (κ3) is 9.52. The zero-order valence-electron chi connectivity index (χ0n) is 23.9. The molecule has 10 nitrogen and oxygen atoms in total. The molecule has 0 aliphatic carbocycles. The van der Waals surface area contributed by atoms with Gasteiger partial charge in [0.25, 0.3) is 11.8 Å². The minimum atomic E-state index is -0.649. The number of hydrogen-bond donors (Lipinski definition) is 3. The van der Waals surface area contributed by atoms with E-state index in [9.17, 15) is 14.4 Å². The predicted molar refractivity (Wildman–Crippen MR) is 163 cm³/mol. The van der Waals surface area contributed by atoms with Crippen LogP contribution in [0.15, 0.2) is 48.5 Å². The van der Waals surface area contributed by atoms with E-state index in [-0.39, 0.29) is 24.0 Å². The molecule has 3 N–H and O–H groups in total. The van der Waals surface area contributed by atoms with Crippen LogP contribution in [0.5, 0.6) is 5.75 Å². The van der Waals surface area contributed by atoms with Crippen LogP contribution in [0.1, 0.15) is 52.6 Å². The van der Waals surface area contributed by atoms with Gasteiger partial charge in [-0.1, -0.05) is 25.1 Å². The van der Waals surface area contributed by atoms with Crippen molar-refractivity contribution in [2.75, 3.05) is 58.1 Å². The van der Waals surface area contributed by atoms with Crippen molar-refractivity contribution in [1.82, 2.24) is 10.6 Å². The number of amides is 3. The predicted octanol–water partition coefficient (Wildman–Crippen LogP) is 4.39. The summed E-state index contributed by atoms with van der Waals surface area (Å²) in [7, 11) is 0. The zero-order chi connectivity index (χ0) is 29.6. The quantitative estimate of drug-likeness (QED) is 0.209. The normalized spacial score (nSPS) is 15.2. The van der Waals surface area contributed by atoms with Gasteiger partial charge in [0.2, 0.25) is 5.91 Å². The second-order valence-electron chi connectivity index (χ2n) is 9.81. The molecule has 2 heterocycles. The second kappa shape index (κ2) is 16.8.